The molecule has 0 aromatic heterocycles. The van der Waals surface area contributed by atoms with Gasteiger partial charge in [-0.25, -0.2) is 0 Å². The molecule has 0 aromatic rings. The van der Waals surface area contributed by atoms with Crippen molar-refractivity contribution in [1.29, 1.82) is 0 Å². The maximum Gasteiger partial charge on any atom is 0.303 e. The van der Waals surface area contributed by atoms with Crippen molar-refractivity contribution in [2.24, 2.45) is 17.1 Å². The highest BCUT2D eigenvalue weighted by Gasteiger charge is 2.43. The van der Waals surface area contributed by atoms with Gasteiger partial charge in [0.2, 0.25) is 5.91 Å². The van der Waals surface area contributed by atoms with Crippen molar-refractivity contribution in [2.75, 3.05) is 19.6 Å². The van der Waals surface area contributed by atoms with Crippen LogP contribution in [-0.2, 0) is 9.59 Å². The van der Waals surface area contributed by atoms with E-state index in [-0.39, 0.29) is 17.7 Å². The second kappa shape index (κ2) is 5.90. The van der Waals surface area contributed by atoms with Crippen LogP contribution in [0, 0.1) is 11.3 Å². The summed E-state index contributed by atoms with van der Waals surface area (Å²) in [6, 6.07) is 0. The summed E-state index contributed by atoms with van der Waals surface area (Å²) in [4.78, 5) is 25.1. The number of carboxylic acids is 1. The normalized spacial score (nSPS) is 25.7. The summed E-state index contributed by atoms with van der Waals surface area (Å²) < 4.78 is 0. The highest BCUT2D eigenvalue weighted by atomic mass is 16.4. The first-order valence-electron chi connectivity index (χ1n) is 7.29. The fourth-order valence-corrected chi connectivity index (χ4v) is 3.47. The van der Waals surface area contributed by atoms with E-state index in [1.54, 1.807) is 0 Å². The molecule has 0 bridgehead atoms. The number of nitrogens with two attached hydrogens (primary N) is 1. The number of aliphatic carboxylic acids is 1. The zero-order valence-electron chi connectivity index (χ0n) is 11.4. The number of likely N-dealkylation sites (tertiary alicyclic amines) is 1. The zero-order valence-corrected chi connectivity index (χ0v) is 11.4. The van der Waals surface area contributed by atoms with Gasteiger partial charge in [0.1, 0.15) is 0 Å². The number of carbonyl (C=O) groups is 2. The summed E-state index contributed by atoms with van der Waals surface area (Å²) >= 11 is 0. The second-order valence-electron chi connectivity index (χ2n) is 6.03. The number of carboxylic acid groups (broad SMARTS) is 1. The predicted molar refractivity (Wildman–Crippen MR) is 71.5 cm³/mol. The van der Waals surface area contributed by atoms with Gasteiger partial charge in [-0.15, -0.1) is 0 Å². The molecule has 2 rings (SSSR count). The van der Waals surface area contributed by atoms with Crippen molar-refractivity contribution in [3.63, 3.8) is 0 Å². The lowest BCUT2D eigenvalue weighted by Crippen LogP contribution is -2.45. The van der Waals surface area contributed by atoms with Crippen molar-refractivity contribution in [3.05, 3.63) is 0 Å². The van der Waals surface area contributed by atoms with Crippen LogP contribution in [0.3, 0.4) is 0 Å². The Morgan fingerprint density at radius 3 is 2.58 bits per heavy atom. The molecule has 0 spiro atoms. The predicted octanol–water partition coefficient (Wildman–Crippen LogP) is 1.22. The van der Waals surface area contributed by atoms with Gasteiger partial charge in [-0.05, 0) is 31.6 Å². The molecule has 1 heterocycles. The smallest absolute Gasteiger partial charge is 0.303 e. The van der Waals surface area contributed by atoms with Gasteiger partial charge in [-0.2, -0.15) is 0 Å². The van der Waals surface area contributed by atoms with E-state index in [1.165, 1.54) is 0 Å². The Morgan fingerprint density at radius 2 is 2.00 bits per heavy atom. The third-order valence-electron chi connectivity index (χ3n) is 4.74. The summed E-state index contributed by atoms with van der Waals surface area (Å²) in [5, 5.41) is 8.70. The van der Waals surface area contributed by atoms with Crippen molar-refractivity contribution in [2.45, 2.75) is 44.9 Å². The van der Waals surface area contributed by atoms with Crippen LogP contribution < -0.4 is 5.73 Å². The molecular weight excluding hydrogens is 244 g/mol. The third kappa shape index (κ3) is 3.08. The fraction of sp³-hybridized carbons (Fsp3) is 0.857. The van der Waals surface area contributed by atoms with Crippen molar-refractivity contribution in [1.82, 2.24) is 4.90 Å². The van der Waals surface area contributed by atoms with Crippen LogP contribution in [-0.4, -0.2) is 41.5 Å². The van der Waals surface area contributed by atoms with Gasteiger partial charge in [0.05, 0.1) is 5.41 Å². The first-order valence-corrected chi connectivity index (χ1v) is 7.29. The molecule has 2 aliphatic rings. The number of carbonyl (C=O) groups excluding carboxylic acids is 1. The van der Waals surface area contributed by atoms with E-state index in [2.05, 4.69) is 0 Å². The highest BCUT2D eigenvalue weighted by Crippen LogP contribution is 2.40. The average Bonchev–Trinajstić information content (AvgIpc) is 3.05. The fourth-order valence-electron chi connectivity index (χ4n) is 3.47. The van der Waals surface area contributed by atoms with Crippen LogP contribution in [0.2, 0.25) is 0 Å². The Bertz CT molecular complexity index is 351. The Hall–Kier alpha value is -1.10. The van der Waals surface area contributed by atoms with Crippen LogP contribution in [0.25, 0.3) is 0 Å². The number of hydrogen-bond acceptors (Lipinski definition) is 3. The van der Waals surface area contributed by atoms with E-state index in [0.29, 0.717) is 25.4 Å². The minimum absolute atomic E-state index is 0.203. The van der Waals surface area contributed by atoms with Crippen LogP contribution in [0.15, 0.2) is 0 Å². The molecule has 5 nitrogen and oxygen atoms in total. The molecule has 0 radical (unpaired) electrons. The molecule has 3 N–H and O–H groups in total. The van der Waals surface area contributed by atoms with Crippen molar-refractivity contribution < 1.29 is 14.7 Å². The molecule has 1 aliphatic carbocycles. The zero-order chi connectivity index (χ0) is 13.9. The van der Waals surface area contributed by atoms with Gasteiger partial charge in [0, 0.05) is 26.1 Å². The molecule has 1 saturated carbocycles. The Labute approximate surface area is 114 Å². The maximum atomic E-state index is 12.6. The SMILES string of the molecule is NCC1(C(=O)N2CCC(CCC(=O)O)C2)CCCC1. The minimum atomic E-state index is -0.751. The van der Waals surface area contributed by atoms with E-state index >= 15 is 0 Å². The molecule has 1 saturated heterocycles. The lowest BCUT2D eigenvalue weighted by atomic mass is 9.84. The molecule has 5 heteroatoms. The standard InChI is InChI=1S/C14H24N2O3/c15-10-14(6-1-2-7-14)13(19)16-8-5-11(9-16)3-4-12(17)18/h11H,1-10,15H2,(H,17,18). The lowest BCUT2D eigenvalue weighted by Gasteiger charge is -2.31. The van der Waals surface area contributed by atoms with Gasteiger partial charge in [0.15, 0.2) is 0 Å². The summed E-state index contributed by atoms with van der Waals surface area (Å²) in [5.74, 6) is -0.194. The first-order chi connectivity index (χ1) is 9.07. The molecule has 1 atom stereocenters. The summed E-state index contributed by atoms with van der Waals surface area (Å²) in [6.45, 7) is 1.93. The average molecular weight is 268 g/mol. The highest BCUT2D eigenvalue weighted by molar-refractivity contribution is 5.83. The third-order valence-corrected chi connectivity index (χ3v) is 4.74. The molecule has 1 aliphatic heterocycles. The second-order valence-corrected chi connectivity index (χ2v) is 6.03. The number of rotatable bonds is 5. The monoisotopic (exact) mass is 268 g/mol. The molecule has 0 aromatic carbocycles. The molecule has 108 valence electrons. The summed E-state index contributed by atoms with van der Waals surface area (Å²) in [5.41, 5.74) is 5.53. The molecule has 1 amide bonds. The lowest BCUT2D eigenvalue weighted by molar-refractivity contribution is -0.140. The topological polar surface area (TPSA) is 83.6 Å². The van der Waals surface area contributed by atoms with E-state index in [4.69, 9.17) is 10.8 Å². The van der Waals surface area contributed by atoms with Crippen molar-refractivity contribution in [3.8, 4) is 0 Å². The van der Waals surface area contributed by atoms with Gasteiger partial charge in [-0.3, -0.25) is 9.59 Å². The number of hydrogen-bond donors (Lipinski definition) is 2. The molecule has 1 unspecified atom stereocenters. The minimum Gasteiger partial charge on any atom is -0.481 e. The largest absolute Gasteiger partial charge is 0.481 e. The van der Waals surface area contributed by atoms with E-state index in [0.717, 1.165) is 38.6 Å². The molecular formula is C14H24N2O3. The molecule has 19 heavy (non-hydrogen) atoms. The van der Waals surface area contributed by atoms with E-state index < -0.39 is 5.97 Å². The quantitative estimate of drug-likeness (QED) is 0.785. The molecule has 2 fully saturated rings. The van der Waals surface area contributed by atoms with Crippen LogP contribution in [0.4, 0.5) is 0 Å². The van der Waals surface area contributed by atoms with Crippen LogP contribution in [0.5, 0.6) is 0 Å². The number of amides is 1. The van der Waals surface area contributed by atoms with Gasteiger partial charge in [-0.1, -0.05) is 12.8 Å². The Morgan fingerprint density at radius 1 is 1.32 bits per heavy atom. The Kier molecular flexibility index (Phi) is 4.45. The Balaban J connectivity index is 1.89. The number of nitrogens with zero attached hydrogens (tertiary/aromatic N) is 1. The van der Waals surface area contributed by atoms with Crippen LogP contribution in [0.1, 0.15) is 44.9 Å². The first kappa shape index (κ1) is 14.3. The van der Waals surface area contributed by atoms with Gasteiger partial charge in [0.25, 0.3) is 0 Å². The van der Waals surface area contributed by atoms with Gasteiger partial charge < -0.3 is 15.7 Å². The van der Waals surface area contributed by atoms with Crippen molar-refractivity contribution >= 4 is 11.9 Å². The maximum absolute atomic E-state index is 12.6. The summed E-state index contributed by atoms with van der Waals surface area (Å²) in [7, 11) is 0. The van der Waals surface area contributed by atoms with E-state index in [9.17, 15) is 9.59 Å². The van der Waals surface area contributed by atoms with Gasteiger partial charge >= 0.3 is 5.97 Å². The van der Waals surface area contributed by atoms with Crippen LogP contribution >= 0.6 is 0 Å². The summed E-state index contributed by atoms with van der Waals surface area (Å²) in [6.07, 6.45) is 5.83. The van der Waals surface area contributed by atoms with E-state index in [1.807, 2.05) is 4.90 Å².